The number of carbonyl (C=O) groups excluding carboxylic acids is 1. The van der Waals surface area contributed by atoms with Crippen molar-refractivity contribution >= 4 is 44.3 Å². The van der Waals surface area contributed by atoms with Gasteiger partial charge in [0, 0.05) is 5.69 Å². The Kier molecular flexibility index (Phi) is 5.33. The molecule has 3 aromatic rings. The molecule has 8 heteroatoms. The number of aryl methyl sites for hydroxylation is 1. The number of oxazole rings is 1. The largest absolute Gasteiger partial charge is 0.431 e. The number of thioether (sulfide) groups is 1. The standard InChI is InChI=1S/C18H18N2O4S2/c1-3-26(22,23)13-8-9-16-15(10-13)20-18(24-16)25-11-17(21)19-14-7-5-4-6-12(14)2/h4-10H,3,11H2,1-2H3,(H,19,21). The molecule has 0 aliphatic carbocycles. The first-order chi connectivity index (χ1) is 12.4. The number of fused-ring (bicyclic) bond motifs is 1. The molecule has 0 saturated heterocycles. The van der Waals surface area contributed by atoms with E-state index >= 15 is 0 Å². The summed E-state index contributed by atoms with van der Waals surface area (Å²) < 4.78 is 29.5. The highest BCUT2D eigenvalue weighted by Crippen LogP contribution is 2.26. The summed E-state index contributed by atoms with van der Waals surface area (Å²) in [5.41, 5.74) is 2.70. The molecule has 0 spiro atoms. The summed E-state index contributed by atoms with van der Waals surface area (Å²) in [6, 6.07) is 12.1. The van der Waals surface area contributed by atoms with E-state index in [0.29, 0.717) is 16.3 Å². The Morgan fingerprint density at radius 1 is 1.23 bits per heavy atom. The number of sulfone groups is 1. The molecule has 0 radical (unpaired) electrons. The van der Waals surface area contributed by atoms with Gasteiger partial charge in [-0.1, -0.05) is 36.9 Å². The number of rotatable bonds is 6. The number of hydrogen-bond acceptors (Lipinski definition) is 6. The minimum Gasteiger partial charge on any atom is -0.431 e. The second kappa shape index (κ2) is 7.51. The van der Waals surface area contributed by atoms with Crippen LogP contribution in [0.25, 0.3) is 11.1 Å². The fourth-order valence-electron chi connectivity index (χ4n) is 2.33. The predicted octanol–water partition coefficient (Wildman–Crippen LogP) is 3.66. The third-order valence-electron chi connectivity index (χ3n) is 3.82. The van der Waals surface area contributed by atoms with Crippen LogP contribution in [0.1, 0.15) is 12.5 Å². The summed E-state index contributed by atoms with van der Waals surface area (Å²) in [4.78, 5) is 16.6. The van der Waals surface area contributed by atoms with Crippen molar-refractivity contribution in [2.45, 2.75) is 24.0 Å². The molecular formula is C18H18N2O4S2. The van der Waals surface area contributed by atoms with Gasteiger partial charge in [-0.3, -0.25) is 4.79 Å². The van der Waals surface area contributed by atoms with Gasteiger partial charge in [0.1, 0.15) is 5.52 Å². The molecule has 136 valence electrons. The van der Waals surface area contributed by atoms with Crippen molar-refractivity contribution in [2.75, 3.05) is 16.8 Å². The minimum atomic E-state index is -3.30. The van der Waals surface area contributed by atoms with Gasteiger partial charge in [0.25, 0.3) is 5.22 Å². The molecule has 1 aromatic heterocycles. The first-order valence-corrected chi connectivity index (χ1v) is 10.6. The van der Waals surface area contributed by atoms with Gasteiger partial charge in [-0.2, -0.15) is 0 Å². The first-order valence-electron chi connectivity index (χ1n) is 8.00. The van der Waals surface area contributed by atoms with E-state index in [2.05, 4.69) is 10.3 Å². The zero-order chi connectivity index (χ0) is 18.7. The van der Waals surface area contributed by atoms with Crippen LogP contribution in [0.4, 0.5) is 5.69 Å². The fraction of sp³-hybridized carbons (Fsp3) is 0.222. The highest BCUT2D eigenvalue weighted by atomic mass is 32.2. The molecule has 0 bridgehead atoms. The van der Waals surface area contributed by atoms with Gasteiger partial charge in [0.2, 0.25) is 5.91 Å². The van der Waals surface area contributed by atoms with E-state index in [4.69, 9.17) is 4.42 Å². The van der Waals surface area contributed by atoms with Crippen molar-refractivity contribution in [2.24, 2.45) is 0 Å². The molecule has 0 unspecified atom stereocenters. The van der Waals surface area contributed by atoms with Gasteiger partial charge in [-0.15, -0.1) is 0 Å². The number of carbonyl (C=O) groups is 1. The molecule has 6 nitrogen and oxygen atoms in total. The lowest BCUT2D eigenvalue weighted by molar-refractivity contribution is -0.113. The van der Waals surface area contributed by atoms with Crippen molar-refractivity contribution in [1.29, 1.82) is 0 Å². The number of amides is 1. The number of nitrogens with zero attached hydrogens (tertiary/aromatic N) is 1. The van der Waals surface area contributed by atoms with Crippen LogP contribution >= 0.6 is 11.8 Å². The highest BCUT2D eigenvalue weighted by Gasteiger charge is 2.15. The zero-order valence-corrected chi connectivity index (χ0v) is 16.0. The molecular weight excluding hydrogens is 372 g/mol. The second-order valence-corrected chi connectivity index (χ2v) is 8.87. The Bertz CT molecular complexity index is 1060. The Labute approximate surface area is 155 Å². The lowest BCUT2D eigenvalue weighted by Gasteiger charge is -2.06. The van der Waals surface area contributed by atoms with Crippen LogP contribution in [0.5, 0.6) is 0 Å². The lowest BCUT2D eigenvalue weighted by Crippen LogP contribution is -2.14. The molecule has 0 aliphatic rings. The third-order valence-corrected chi connectivity index (χ3v) is 6.38. The van der Waals surface area contributed by atoms with Crippen LogP contribution < -0.4 is 5.32 Å². The van der Waals surface area contributed by atoms with Crippen molar-refractivity contribution in [3.8, 4) is 0 Å². The summed E-state index contributed by atoms with van der Waals surface area (Å²) in [6.07, 6.45) is 0. The predicted molar refractivity (Wildman–Crippen MR) is 102 cm³/mol. The van der Waals surface area contributed by atoms with Crippen molar-refractivity contribution in [3.05, 3.63) is 48.0 Å². The molecule has 2 aromatic carbocycles. The summed E-state index contributed by atoms with van der Waals surface area (Å²) in [7, 11) is -3.30. The Balaban J connectivity index is 1.69. The third kappa shape index (κ3) is 4.08. The van der Waals surface area contributed by atoms with E-state index in [1.54, 1.807) is 13.0 Å². The fourth-order valence-corrected chi connectivity index (χ4v) is 3.87. The van der Waals surface area contributed by atoms with Gasteiger partial charge in [0.05, 0.1) is 16.4 Å². The maximum Gasteiger partial charge on any atom is 0.257 e. The molecule has 1 amide bonds. The molecule has 26 heavy (non-hydrogen) atoms. The zero-order valence-electron chi connectivity index (χ0n) is 14.4. The summed E-state index contributed by atoms with van der Waals surface area (Å²) >= 11 is 1.16. The van der Waals surface area contributed by atoms with E-state index in [1.165, 1.54) is 12.1 Å². The normalized spacial score (nSPS) is 11.6. The average Bonchev–Trinajstić information content (AvgIpc) is 3.04. The van der Waals surface area contributed by atoms with Crippen molar-refractivity contribution in [1.82, 2.24) is 4.98 Å². The van der Waals surface area contributed by atoms with E-state index < -0.39 is 9.84 Å². The SMILES string of the molecule is CCS(=O)(=O)c1ccc2oc(SCC(=O)Nc3ccccc3C)nc2c1. The van der Waals surface area contributed by atoms with Crippen LogP contribution in [-0.4, -0.2) is 30.8 Å². The molecule has 1 N–H and O–H groups in total. The lowest BCUT2D eigenvalue weighted by atomic mass is 10.2. The number of aromatic nitrogens is 1. The second-order valence-electron chi connectivity index (χ2n) is 5.66. The van der Waals surface area contributed by atoms with E-state index in [0.717, 1.165) is 23.0 Å². The maximum atomic E-state index is 12.1. The van der Waals surface area contributed by atoms with E-state index in [1.807, 2.05) is 31.2 Å². The summed E-state index contributed by atoms with van der Waals surface area (Å²) in [6.45, 7) is 3.52. The molecule has 0 fully saturated rings. The summed E-state index contributed by atoms with van der Waals surface area (Å²) in [5.74, 6) is -0.000929. The minimum absolute atomic E-state index is 0.0248. The van der Waals surface area contributed by atoms with Crippen LogP contribution in [0, 0.1) is 6.92 Å². The monoisotopic (exact) mass is 390 g/mol. The number of benzene rings is 2. The number of anilines is 1. The van der Waals surface area contributed by atoms with Crippen LogP contribution in [-0.2, 0) is 14.6 Å². The van der Waals surface area contributed by atoms with Gasteiger partial charge in [-0.05, 0) is 36.8 Å². The number of para-hydroxylation sites is 1. The average molecular weight is 390 g/mol. The Morgan fingerprint density at radius 3 is 2.73 bits per heavy atom. The van der Waals surface area contributed by atoms with Crippen LogP contribution in [0.3, 0.4) is 0 Å². The van der Waals surface area contributed by atoms with E-state index in [9.17, 15) is 13.2 Å². The van der Waals surface area contributed by atoms with Crippen LogP contribution in [0.2, 0.25) is 0 Å². The number of nitrogens with one attached hydrogen (secondary N) is 1. The maximum absolute atomic E-state index is 12.1. The molecule has 3 rings (SSSR count). The first kappa shape index (κ1) is 18.5. The molecule has 0 atom stereocenters. The van der Waals surface area contributed by atoms with Gasteiger partial charge >= 0.3 is 0 Å². The smallest absolute Gasteiger partial charge is 0.257 e. The summed E-state index contributed by atoms with van der Waals surface area (Å²) in [5, 5.41) is 3.17. The Morgan fingerprint density at radius 2 is 2.00 bits per heavy atom. The molecule has 1 heterocycles. The quantitative estimate of drug-likeness (QED) is 0.646. The van der Waals surface area contributed by atoms with Crippen molar-refractivity contribution in [3.63, 3.8) is 0 Å². The van der Waals surface area contributed by atoms with E-state index in [-0.39, 0.29) is 22.3 Å². The number of hydrogen-bond donors (Lipinski definition) is 1. The van der Waals surface area contributed by atoms with Gasteiger partial charge in [-0.25, -0.2) is 13.4 Å². The van der Waals surface area contributed by atoms with Crippen LogP contribution in [0.15, 0.2) is 57.0 Å². The molecule has 0 saturated carbocycles. The molecule has 0 aliphatic heterocycles. The van der Waals surface area contributed by atoms with Crippen molar-refractivity contribution < 1.29 is 17.6 Å². The van der Waals surface area contributed by atoms with Gasteiger partial charge in [0.15, 0.2) is 15.4 Å². The topological polar surface area (TPSA) is 89.3 Å². The van der Waals surface area contributed by atoms with Gasteiger partial charge < -0.3 is 9.73 Å². The Hall–Kier alpha value is -2.32. The highest BCUT2D eigenvalue weighted by molar-refractivity contribution is 7.99.